The largest absolute Gasteiger partial charge is 0.416 e. The average molecular weight is 238 g/mol. The average Bonchev–Trinajstić information content (AvgIpc) is 2.04. The van der Waals surface area contributed by atoms with Gasteiger partial charge in [-0.3, -0.25) is 0 Å². The van der Waals surface area contributed by atoms with Crippen molar-refractivity contribution in [3.63, 3.8) is 0 Å². The number of benzene rings is 1. The van der Waals surface area contributed by atoms with Crippen LogP contribution in [0.2, 0.25) is 0 Å². The second kappa shape index (κ2) is 4.03. The molecule has 0 saturated heterocycles. The Balaban J connectivity index is 3.10. The van der Waals surface area contributed by atoms with E-state index < -0.39 is 29.9 Å². The summed E-state index contributed by atoms with van der Waals surface area (Å²) in [5.74, 6) is 0. The third-order valence-electron chi connectivity index (χ3n) is 1.86. The van der Waals surface area contributed by atoms with Crippen LogP contribution in [-0.4, -0.2) is 14.0 Å². The van der Waals surface area contributed by atoms with Gasteiger partial charge in [0.05, 0.1) is 12.0 Å². The third-order valence-corrected chi connectivity index (χ3v) is 1.86. The van der Waals surface area contributed by atoms with Crippen LogP contribution in [0.15, 0.2) is 18.2 Å². The van der Waals surface area contributed by atoms with E-state index in [0.29, 0.717) is 12.1 Å². The zero-order valence-electron chi connectivity index (χ0n) is 7.78. The highest BCUT2D eigenvalue weighted by Crippen LogP contribution is 2.30. The molecule has 1 rings (SSSR count). The molecule has 0 atom stereocenters. The number of rotatable bonds is 1. The molecule has 0 amide bonds. The molecule has 0 unspecified atom stereocenters. The smallest absolute Gasteiger partial charge is 0.171 e. The second-order valence-corrected chi connectivity index (χ2v) is 3.20. The van der Waals surface area contributed by atoms with Gasteiger partial charge in [0.25, 0.3) is 0 Å². The summed E-state index contributed by atoms with van der Waals surface area (Å²) in [5, 5.41) is 0. The van der Waals surface area contributed by atoms with Gasteiger partial charge in [0, 0.05) is 0 Å². The molecule has 0 aromatic heterocycles. The van der Waals surface area contributed by atoms with Crippen LogP contribution in [-0.2, 0) is 12.6 Å². The lowest BCUT2D eigenvalue weighted by Gasteiger charge is -2.13. The van der Waals surface area contributed by atoms with Crippen LogP contribution in [0.1, 0.15) is 11.1 Å². The number of hydrogen-bond donors (Lipinski definition) is 0. The van der Waals surface area contributed by atoms with Crippen molar-refractivity contribution < 1.29 is 26.3 Å². The third kappa shape index (κ3) is 3.46. The minimum absolute atomic E-state index is 0.301. The fraction of sp³-hybridized carbons (Fsp3) is 0.333. The maximum Gasteiger partial charge on any atom is 0.416 e. The van der Waals surface area contributed by atoms with E-state index in [1.54, 1.807) is 0 Å². The Morgan fingerprint density at radius 2 is 1.56 bits per heavy atom. The molecule has 0 aliphatic heterocycles. The molecule has 7 heteroatoms. The van der Waals surface area contributed by atoms with Crippen molar-refractivity contribution in [3.8, 4) is 0 Å². The number of hydrogen-bond acceptors (Lipinski definition) is 0. The minimum Gasteiger partial charge on any atom is -0.171 e. The van der Waals surface area contributed by atoms with E-state index in [-0.39, 0.29) is 5.46 Å². The van der Waals surface area contributed by atoms with Crippen molar-refractivity contribution in [2.45, 2.75) is 18.8 Å². The highest BCUT2D eigenvalue weighted by atomic mass is 19.4. The molecular weight excluding hydrogens is 233 g/mol. The fourth-order valence-corrected chi connectivity index (χ4v) is 1.15. The molecule has 1 aromatic rings. The van der Waals surface area contributed by atoms with Gasteiger partial charge in [-0.15, -0.1) is 0 Å². The van der Waals surface area contributed by atoms with Gasteiger partial charge in [-0.1, -0.05) is 17.6 Å². The normalized spacial score (nSPS) is 12.9. The van der Waals surface area contributed by atoms with E-state index in [1.807, 2.05) is 0 Å². The van der Waals surface area contributed by atoms with Gasteiger partial charge in [-0.25, -0.2) is 0 Å². The van der Waals surface area contributed by atoms with E-state index in [1.165, 1.54) is 0 Å². The molecule has 2 radical (unpaired) electrons. The van der Waals surface area contributed by atoms with E-state index in [0.717, 1.165) is 6.07 Å². The van der Waals surface area contributed by atoms with Crippen molar-refractivity contribution in [2.75, 3.05) is 0 Å². The van der Waals surface area contributed by atoms with Crippen molar-refractivity contribution in [2.24, 2.45) is 0 Å². The molecule has 0 saturated carbocycles. The summed E-state index contributed by atoms with van der Waals surface area (Å²) < 4.78 is 72.7. The van der Waals surface area contributed by atoms with E-state index >= 15 is 0 Å². The molecule has 0 nitrogen and oxygen atoms in total. The van der Waals surface area contributed by atoms with E-state index in [4.69, 9.17) is 7.85 Å². The summed E-state index contributed by atoms with van der Waals surface area (Å²) in [4.78, 5) is 0. The molecule has 0 N–H and O–H groups in total. The number of alkyl halides is 6. The minimum atomic E-state index is -4.67. The highest BCUT2D eigenvalue weighted by Gasteiger charge is 2.33. The Morgan fingerprint density at radius 1 is 1.00 bits per heavy atom. The van der Waals surface area contributed by atoms with Crippen LogP contribution in [0.5, 0.6) is 0 Å². The first-order chi connectivity index (χ1) is 7.09. The lowest BCUT2D eigenvalue weighted by molar-refractivity contribution is -0.138. The monoisotopic (exact) mass is 238 g/mol. The van der Waals surface area contributed by atoms with Gasteiger partial charge in [-0.05, 0) is 11.6 Å². The molecular formula is C9H5BF6. The zero-order valence-corrected chi connectivity index (χ0v) is 7.78. The molecule has 0 bridgehead atoms. The quantitative estimate of drug-likeness (QED) is 0.521. The van der Waals surface area contributed by atoms with Gasteiger partial charge in [0.15, 0.2) is 0 Å². The predicted octanol–water partition coefficient (Wildman–Crippen LogP) is 2.60. The Hall–Kier alpha value is -1.14. The lowest BCUT2D eigenvalue weighted by Crippen LogP contribution is -2.21. The molecule has 1 aromatic carbocycles. The summed E-state index contributed by atoms with van der Waals surface area (Å²) in [6.07, 6.45) is -10.7. The van der Waals surface area contributed by atoms with Gasteiger partial charge < -0.3 is 0 Å². The zero-order chi connectivity index (χ0) is 12.6. The predicted molar refractivity (Wildman–Crippen MR) is 46.6 cm³/mol. The van der Waals surface area contributed by atoms with Crippen molar-refractivity contribution in [3.05, 3.63) is 29.3 Å². The van der Waals surface area contributed by atoms with Crippen LogP contribution in [0.25, 0.3) is 0 Å². The topological polar surface area (TPSA) is 0 Å². The molecule has 0 heterocycles. The molecule has 0 spiro atoms. The van der Waals surface area contributed by atoms with Crippen LogP contribution in [0.4, 0.5) is 26.3 Å². The standard InChI is InChI=1S/C9H5BF6/c10-7-2-1-6(9(14,15)16)3-5(7)4-8(11,12)13/h1-3H,4H2. The first-order valence-corrected chi connectivity index (χ1v) is 4.12. The SMILES string of the molecule is [B]c1ccc(C(F)(F)F)cc1CC(F)(F)F. The van der Waals surface area contributed by atoms with Gasteiger partial charge in [0.2, 0.25) is 0 Å². The van der Waals surface area contributed by atoms with Crippen molar-refractivity contribution >= 4 is 13.3 Å². The second-order valence-electron chi connectivity index (χ2n) is 3.20. The molecule has 86 valence electrons. The Kier molecular flexibility index (Phi) is 3.26. The van der Waals surface area contributed by atoms with Gasteiger partial charge in [-0.2, -0.15) is 26.3 Å². The van der Waals surface area contributed by atoms with Crippen molar-refractivity contribution in [1.29, 1.82) is 0 Å². The lowest BCUT2D eigenvalue weighted by atomic mass is 9.87. The first-order valence-electron chi connectivity index (χ1n) is 4.12. The molecule has 0 aliphatic rings. The molecule has 0 fully saturated rings. The van der Waals surface area contributed by atoms with Gasteiger partial charge >= 0.3 is 12.4 Å². The Morgan fingerprint density at radius 3 is 2.00 bits per heavy atom. The summed E-state index contributed by atoms with van der Waals surface area (Å²) in [7, 11) is 5.17. The molecule has 16 heavy (non-hydrogen) atoms. The first kappa shape index (κ1) is 12.9. The van der Waals surface area contributed by atoms with E-state index in [2.05, 4.69) is 0 Å². The summed E-state index contributed by atoms with van der Waals surface area (Å²) in [6, 6.07) is 1.89. The van der Waals surface area contributed by atoms with Crippen LogP contribution in [0, 0.1) is 0 Å². The van der Waals surface area contributed by atoms with Gasteiger partial charge in [0.1, 0.15) is 7.85 Å². The summed E-state index contributed by atoms with van der Waals surface area (Å²) in [5.41, 5.74) is -2.01. The van der Waals surface area contributed by atoms with Crippen LogP contribution < -0.4 is 5.46 Å². The Bertz CT molecular complexity index is 379. The number of halogens is 6. The van der Waals surface area contributed by atoms with Crippen LogP contribution in [0.3, 0.4) is 0 Å². The maximum absolute atomic E-state index is 12.2. The summed E-state index contributed by atoms with van der Waals surface area (Å²) in [6.45, 7) is 0. The van der Waals surface area contributed by atoms with E-state index in [9.17, 15) is 26.3 Å². The summed E-state index contributed by atoms with van der Waals surface area (Å²) >= 11 is 0. The van der Waals surface area contributed by atoms with Crippen LogP contribution >= 0.6 is 0 Å². The highest BCUT2D eigenvalue weighted by molar-refractivity contribution is 6.33. The molecule has 0 aliphatic carbocycles. The van der Waals surface area contributed by atoms with Crippen molar-refractivity contribution in [1.82, 2.24) is 0 Å². The maximum atomic E-state index is 12.2. The Labute approximate surface area is 88.7 Å². The fourth-order valence-electron chi connectivity index (χ4n) is 1.15.